The first-order chi connectivity index (χ1) is 10.8. The van der Waals surface area contributed by atoms with E-state index in [0.29, 0.717) is 18.6 Å². The summed E-state index contributed by atoms with van der Waals surface area (Å²) in [5.41, 5.74) is 3.77. The largest absolute Gasteiger partial charge is 0.396 e. The van der Waals surface area contributed by atoms with Crippen molar-refractivity contribution in [3.63, 3.8) is 0 Å². The Hall–Kier alpha value is -1.71. The predicted molar refractivity (Wildman–Crippen MR) is 89.3 cm³/mol. The van der Waals surface area contributed by atoms with E-state index in [0.717, 1.165) is 19.4 Å². The van der Waals surface area contributed by atoms with Crippen molar-refractivity contribution in [2.24, 2.45) is 5.92 Å². The maximum Gasteiger partial charge on any atom is 0.0459 e. The van der Waals surface area contributed by atoms with Crippen LogP contribution in [0.3, 0.4) is 0 Å². The second-order valence-corrected chi connectivity index (χ2v) is 6.22. The first-order valence-electron chi connectivity index (χ1n) is 8.19. The molecule has 0 atom stereocenters. The van der Waals surface area contributed by atoms with E-state index < -0.39 is 0 Å². The van der Waals surface area contributed by atoms with E-state index in [1.807, 2.05) is 24.5 Å². The molecule has 2 aromatic rings. The maximum absolute atomic E-state index is 9.20. The fraction of sp³-hybridized carbons (Fsp3) is 0.421. The Morgan fingerprint density at radius 1 is 1.00 bits per heavy atom. The Bertz CT molecular complexity index is 577. The zero-order chi connectivity index (χ0) is 15.2. The molecule has 1 aliphatic rings. The number of nitrogens with one attached hydrogen (secondary N) is 1. The molecule has 1 aromatic heterocycles. The number of benzene rings is 1. The smallest absolute Gasteiger partial charge is 0.0459 e. The number of pyridine rings is 1. The van der Waals surface area contributed by atoms with Crippen molar-refractivity contribution in [1.29, 1.82) is 0 Å². The van der Waals surface area contributed by atoms with Gasteiger partial charge in [0.25, 0.3) is 0 Å². The summed E-state index contributed by atoms with van der Waals surface area (Å²) in [5, 5.41) is 12.9. The van der Waals surface area contributed by atoms with Gasteiger partial charge < -0.3 is 10.4 Å². The van der Waals surface area contributed by atoms with E-state index in [9.17, 15) is 5.11 Å². The van der Waals surface area contributed by atoms with Crippen LogP contribution in [0.15, 0.2) is 48.8 Å². The second-order valence-electron chi connectivity index (χ2n) is 6.22. The second kappa shape index (κ2) is 7.52. The van der Waals surface area contributed by atoms with Crippen molar-refractivity contribution < 1.29 is 5.11 Å². The van der Waals surface area contributed by atoms with Gasteiger partial charge in [0.1, 0.15) is 0 Å². The van der Waals surface area contributed by atoms with Crippen LogP contribution in [-0.4, -0.2) is 22.7 Å². The van der Waals surface area contributed by atoms with Crippen LogP contribution in [0.4, 0.5) is 0 Å². The summed E-state index contributed by atoms with van der Waals surface area (Å²) >= 11 is 0. The van der Waals surface area contributed by atoms with E-state index in [-0.39, 0.29) is 0 Å². The number of nitrogens with zero attached hydrogens (tertiary/aromatic N) is 1. The molecule has 1 aromatic carbocycles. The van der Waals surface area contributed by atoms with Gasteiger partial charge in [0.2, 0.25) is 0 Å². The van der Waals surface area contributed by atoms with Gasteiger partial charge in [-0.15, -0.1) is 0 Å². The fourth-order valence-electron chi connectivity index (χ4n) is 3.22. The number of rotatable bonds is 5. The minimum absolute atomic E-state index is 0.348. The molecular weight excluding hydrogens is 272 g/mol. The summed E-state index contributed by atoms with van der Waals surface area (Å²) in [4.78, 5) is 4.07. The highest BCUT2D eigenvalue weighted by Crippen LogP contribution is 2.24. The van der Waals surface area contributed by atoms with Gasteiger partial charge >= 0.3 is 0 Å². The zero-order valence-electron chi connectivity index (χ0n) is 12.9. The molecule has 1 fully saturated rings. The van der Waals surface area contributed by atoms with Crippen LogP contribution in [0, 0.1) is 5.92 Å². The number of aliphatic hydroxyl groups is 1. The average Bonchev–Trinajstić information content (AvgIpc) is 2.61. The van der Waals surface area contributed by atoms with Crippen LogP contribution in [-0.2, 0) is 6.54 Å². The molecule has 0 radical (unpaired) electrons. The molecule has 22 heavy (non-hydrogen) atoms. The summed E-state index contributed by atoms with van der Waals surface area (Å²) in [6, 6.07) is 13.4. The summed E-state index contributed by atoms with van der Waals surface area (Å²) in [6.45, 7) is 1.26. The minimum atomic E-state index is 0.348. The molecule has 3 nitrogen and oxygen atoms in total. The maximum atomic E-state index is 9.20. The third kappa shape index (κ3) is 3.93. The Labute approximate surface area is 132 Å². The molecular formula is C19H24N2O. The lowest BCUT2D eigenvalue weighted by Crippen LogP contribution is -2.33. The van der Waals surface area contributed by atoms with Gasteiger partial charge in [0, 0.05) is 31.6 Å². The molecule has 2 N–H and O–H groups in total. The van der Waals surface area contributed by atoms with E-state index in [1.165, 1.54) is 29.5 Å². The quantitative estimate of drug-likeness (QED) is 0.889. The van der Waals surface area contributed by atoms with Gasteiger partial charge in [0.15, 0.2) is 0 Å². The summed E-state index contributed by atoms with van der Waals surface area (Å²) in [5.74, 6) is 0.521. The molecule has 0 unspecified atom stereocenters. The molecule has 0 bridgehead atoms. The number of hydrogen-bond acceptors (Lipinski definition) is 3. The zero-order valence-corrected chi connectivity index (χ0v) is 12.9. The van der Waals surface area contributed by atoms with Crippen molar-refractivity contribution in [1.82, 2.24) is 10.3 Å². The van der Waals surface area contributed by atoms with Crippen molar-refractivity contribution >= 4 is 0 Å². The molecule has 116 valence electrons. The average molecular weight is 296 g/mol. The van der Waals surface area contributed by atoms with Crippen molar-refractivity contribution in [2.75, 3.05) is 6.61 Å². The van der Waals surface area contributed by atoms with E-state index in [1.54, 1.807) is 0 Å². The molecule has 3 rings (SSSR count). The van der Waals surface area contributed by atoms with Crippen LogP contribution in [0.25, 0.3) is 11.1 Å². The SMILES string of the molecule is OCC1CCC(NCc2cccc(-c3ccncc3)c2)CC1. The Balaban J connectivity index is 1.57. The minimum Gasteiger partial charge on any atom is -0.396 e. The van der Waals surface area contributed by atoms with Crippen molar-refractivity contribution in [2.45, 2.75) is 38.3 Å². The Morgan fingerprint density at radius 3 is 2.50 bits per heavy atom. The highest BCUT2D eigenvalue weighted by molar-refractivity contribution is 5.63. The first-order valence-corrected chi connectivity index (χ1v) is 8.19. The number of aliphatic hydroxyl groups excluding tert-OH is 1. The summed E-state index contributed by atoms with van der Waals surface area (Å²) in [7, 11) is 0. The molecule has 1 saturated carbocycles. The molecule has 0 amide bonds. The highest BCUT2D eigenvalue weighted by atomic mass is 16.3. The van der Waals surface area contributed by atoms with Crippen LogP contribution in [0.1, 0.15) is 31.2 Å². The lowest BCUT2D eigenvalue weighted by atomic mass is 9.86. The van der Waals surface area contributed by atoms with Gasteiger partial charge in [-0.05, 0) is 66.5 Å². The molecule has 0 spiro atoms. The number of hydrogen-bond donors (Lipinski definition) is 2. The molecule has 0 saturated heterocycles. The fourth-order valence-corrected chi connectivity index (χ4v) is 3.22. The normalized spacial score (nSPS) is 21.7. The van der Waals surface area contributed by atoms with Gasteiger partial charge in [-0.25, -0.2) is 0 Å². The Morgan fingerprint density at radius 2 is 1.77 bits per heavy atom. The first kappa shape index (κ1) is 15.2. The van der Waals surface area contributed by atoms with Gasteiger partial charge in [-0.2, -0.15) is 0 Å². The lowest BCUT2D eigenvalue weighted by Gasteiger charge is -2.28. The summed E-state index contributed by atoms with van der Waals surface area (Å²) in [6.07, 6.45) is 8.31. The van der Waals surface area contributed by atoms with Crippen LogP contribution < -0.4 is 5.32 Å². The molecule has 1 aliphatic carbocycles. The molecule has 0 aliphatic heterocycles. The van der Waals surface area contributed by atoms with Crippen molar-refractivity contribution in [3.8, 4) is 11.1 Å². The van der Waals surface area contributed by atoms with Gasteiger partial charge in [0.05, 0.1) is 0 Å². The molecule has 1 heterocycles. The summed E-state index contributed by atoms with van der Waals surface area (Å²) < 4.78 is 0. The number of aromatic nitrogens is 1. The van der Waals surface area contributed by atoms with Crippen LogP contribution >= 0.6 is 0 Å². The van der Waals surface area contributed by atoms with E-state index in [4.69, 9.17) is 0 Å². The topological polar surface area (TPSA) is 45.1 Å². The van der Waals surface area contributed by atoms with Crippen LogP contribution in [0.5, 0.6) is 0 Å². The Kier molecular flexibility index (Phi) is 5.20. The van der Waals surface area contributed by atoms with E-state index in [2.05, 4.69) is 34.6 Å². The van der Waals surface area contributed by atoms with Crippen LogP contribution in [0.2, 0.25) is 0 Å². The van der Waals surface area contributed by atoms with Gasteiger partial charge in [-0.1, -0.05) is 18.2 Å². The standard InChI is InChI=1S/C19H24N2O/c22-14-15-4-6-19(7-5-15)21-13-16-2-1-3-18(12-16)17-8-10-20-11-9-17/h1-3,8-12,15,19,21-22H,4-7,13-14H2. The lowest BCUT2D eigenvalue weighted by molar-refractivity contribution is 0.175. The monoisotopic (exact) mass is 296 g/mol. The van der Waals surface area contributed by atoms with Gasteiger partial charge in [-0.3, -0.25) is 4.98 Å². The third-order valence-electron chi connectivity index (χ3n) is 4.64. The highest BCUT2D eigenvalue weighted by Gasteiger charge is 2.19. The third-order valence-corrected chi connectivity index (χ3v) is 4.64. The predicted octanol–water partition coefficient (Wildman–Crippen LogP) is 3.39. The van der Waals surface area contributed by atoms with E-state index >= 15 is 0 Å². The molecule has 3 heteroatoms. The van der Waals surface area contributed by atoms with Crippen molar-refractivity contribution in [3.05, 3.63) is 54.4 Å².